The minimum absolute atomic E-state index is 0.0637. The van der Waals surface area contributed by atoms with E-state index >= 15 is 0 Å². The fraction of sp³-hybridized carbons (Fsp3) is 0.429. The van der Waals surface area contributed by atoms with Crippen molar-refractivity contribution < 1.29 is 9.59 Å². The van der Waals surface area contributed by atoms with Crippen LogP contribution in [0.3, 0.4) is 0 Å². The van der Waals surface area contributed by atoms with Gasteiger partial charge in [0.25, 0.3) is 5.91 Å². The number of hydrogen-bond donors (Lipinski definition) is 1. The number of carbonyl (C=O) groups is 2. The monoisotopic (exact) mass is 184 g/mol. The van der Waals surface area contributed by atoms with Gasteiger partial charge in [0.2, 0.25) is 0 Å². The lowest BCUT2D eigenvalue weighted by Gasteiger charge is -2.27. The van der Waals surface area contributed by atoms with Gasteiger partial charge in [0.1, 0.15) is 0 Å². The van der Waals surface area contributed by atoms with E-state index in [-0.39, 0.29) is 18.0 Å². The Morgan fingerprint density at radius 2 is 2.42 bits per heavy atom. The van der Waals surface area contributed by atoms with Crippen molar-refractivity contribution in [1.29, 1.82) is 0 Å². The first-order chi connectivity index (χ1) is 5.70. The number of carbonyl (C=O) groups excluding carboxylic acids is 2. The first-order valence-electron chi connectivity index (χ1n) is 3.60. The number of likely N-dealkylation sites (N-methyl/N-ethyl adjacent to an activating group) is 1. The molecule has 0 spiro atoms. The van der Waals surface area contributed by atoms with Gasteiger partial charge in [-0.25, -0.2) is 4.79 Å². The number of nitrogens with one attached hydrogen (secondary N) is 1. The maximum atomic E-state index is 11.4. The van der Waals surface area contributed by atoms with Crippen LogP contribution in [0.25, 0.3) is 0 Å². The number of urea groups is 1. The zero-order valence-corrected chi connectivity index (χ0v) is 7.35. The van der Waals surface area contributed by atoms with Gasteiger partial charge >= 0.3 is 6.03 Å². The lowest BCUT2D eigenvalue weighted by molar-refractivity contribution is -0.124. The predicted molar refractivity (Wildman–Crippen MR) is 45.6 cm³/mol. The molecule has 64 valence electrons. The summed E-state index contributed by atoms with van der Waals surface area (Å²) in [5.41, 5.74) is 0.710. The van der Waals surface area contributed by atoms with E-state index in [9.17, 15) is 9.59 Å². The fourth-order valence-corrected chi connectivity index (χ4v) is 2.25. The molecule has 0 saturated carbocycles. The number of imide groups is 1. The Morgan fingerprint density at radius 1 is 1.67 bits per heavy atom. The molecule has 0 radical (unpaired) electrons. The topological polar surface area (TPSA) is 49.4 Å². The summed E-state index contributed by atoms with van der Waals surface area (Å²) in [6.45, 7) is 0. The van der Waals surface area contributed by atoms with Crippen molar-refractivity contribution in [2.75, 3.05) is 12.8 Å². The summed E-state index contributed by atoms with van der Waals surface area (Å²) >= 11 is 1.56. The molecule has 1 saturated heterocycles. The van der Waals surface area contributed by atoms with Crippen LogP contribution in [0.15, 0.2) is 11.0 Å². The zero-order chi connectivity index (χ0) is 8.72. The Bertz CT molecular complexity index is 287. The SMILES string of the molecule is CN1C(=O)NC2CSC=C2C1=O. The maximum Gasteiger partial charge on any atom is 0.324 e. The van der Waals surface area contributed by atoms with E-state index < -0.39 is 0 Å². The number of thioether (sulfide) groups is 1. The molecule has 5 heteroatoms. The smallest absolute Gasteiger partial charge is 0.324 e. The Hall–Kier alpha value is -0.970. The second-order valence-corrected chi connectivity index (χ2v) is 3.68. The van der Waals surface area contributed by atoms with Crippen LogP contribution in [0.1, 0.15) is 0 Å². The highest BCUT2D eigenvalue weighted by molar-refractivity contribution is 8.02. The Morgan fingerprint density at radius 3 is 3.17 bits per heavy atom. The van der Waals surface area contributed by atoms with Crippen LogP contribution in [0.5, 0.6) is 0 Å². The summed E-state index contributed by atoms with van der Waals surface area (Å²) in [6.07, 6.45) is 0. The molecule has 0 aliphatic carbocycles. The summed E-state index contributed by atoms with van der Waals surface area (Å²) in [4.78, 5) is 23.6. The molecule has 2 rings (SSSR count). The van der Waals surface area contributed by atoms with E-state index in [4.69, 9.17) is 0 Å². The molecule has 0 aromatic heterocycles. The first-order valence-corrected chi connectivity index (χ1v) is 4.65. The highest BCUT2D eigenvalue weighted by Crippen LogP contribution is 2.26. The molecule has 1 fully saturated rings. The molecule has 1 unspecified atom stereocenters. The number of amides is 3. The largest absolute Gasteiger partial charge is 0.330 e. The van der Waals surface area contributed by atoms with Gasteiger partial charge < -0.3 is 5.32 Å². The predicted octanol–water partition coefficient (Wildman–Crippen LogP) is 0.167. The van der Waals surface area contributed by atoms with Crippen LogP contribution >= 0.6 is 11.8 Å². The molecular weight excluding hydrogens is 176 g/mol. The molecule has 0 bridgehead atoms. The van der Waals surface area contributed by atoms with Crippen LogP contribution in [0, 0.1) is 0 Å². The van der Waals surface area contributed by atoms with Gasteiger partial charge in [-0.2, -0.15) is 0 Å². The van der Waals surface area contributed by atoms with Crippen LogP contribution < -0.4 is 5.32 Å². The number of nitrogens with zero attached hydrogens (tertiary/aromatic N) is 1. The number of rotatable bonds is 0. The Labute approximate surface area is 74.0 Å². The molecule has 1 atom stereocenters. The number of hydrogen-bond acceptors (Lipinski definition) is 3. The second-order valence-electron chi connectivity index (χ2n) is 2.77. The molecule has 3 amide bonds. The number of fused-ring (bicyclic) bond motifs is 1. The fourth-order valence-electron chi connectivity index (χ4n) is 1.26. The van der Waals surface area contributed by atoms with Crippen molar-refractivity contribution in [1.82, 2.24) is 10.2 Å². The summed E-state index contributed by atoms with van der Waals surface area (Å²) < 4.78 is 0. The molecular formula is C7H8N2O2S. The quantitative estimate of drug-likeness (QED) is 0.583. The van der Waals surface area contributed by atoms with Crippen molar-refractivity contribution in [3.05, 3.63) is 11.0 Å². The maximum absolute atomic E-state index is 11.4. The van der Waals surface area contributed by atoms with Crippen LogP contribution in [-0.2, 0) is 4.79 Å². The van der Waals surface area contributed by atoms with Gasteiger partial charge in [0.15, 0.2) is 0 Å². The third kappa shape index (κ3) is 0.929. The average molecular weight is 184 g/mol. The van der Waals surface area contributed by atoms with Gasteiger partial charge in [-0.3, -0.25) is 9.69 Å². The second kappa shape index (κ2) is 2.52. The molecule has 2 aliphatic heterocycles. The van der Waals surface area contributed by atoms with Crippen LogP contribution in [0.2, 0.25) is 0 Å². The zero-order valence-electron chi connectivity index (χ0n) is 6.53. The summed E-state index contributed by atoms with van der Waals surface area (Å²) in [7, 11) is 1.48. The minimum Gasteiger partial charge on any atom is -0.330 e. The van der Waals surface area contributed by atoms with E-state index in [1.807, 2.05) is 5.41 Å². The Kier molecular flexibility index (Phi) is 1.61. The molecule has 0 aromatic carbocycles. The van der Waals surface area contributed by atoms with Crippen LogP contribution in [-0.4, -0.2) is 35.7 Å². The highest BCUT2D eigenvalue weighted by Gasteiger charge is 2.36. The van der Waals surface area contributed by atoms with E-state index in [1.165, 1.54) is 7.05 Å². The average Bonchev–Trinajstić information content (AvgIpc) is 2.48. The van der Waals surface area contributed by atoms with Gasteiger partial charge in [-0.15, -0.1) is 11.8 Å². The summed E-state index contributed by atoms with van der Waals surface area (Å²) in [5.74, 6) is 0.606. The van der Waals surface area contributed by atoms with Crippen molar-refractivity contribution in [2.45, 2.75) is 6.04 Å². The first kappa shape index (κ1) is 7.67. The standard InChI is InChI=1S/C7H8N2O2S/c1-9-6(10)4-2-12-3-5(4)8-7(9)11/h2,5H,3H2,1H3,(H,8,11). The van der Waals surface area contributed by atoms with Crippen LogP contribution in [0.4, 0.5) is 4.79 Å². The Balaban J connectivity index is 2.31. The summed E-state index contributed by atoms with van der Waals surface area (Å²) in [5, 5.41) is 4.56. The third-order valence-electron chi connectivity index (χ3n) is 2.00. The van der Waals surface area contributed by atoms with E-state index in [2.05, 4.69) is 5.32 Å². The lowest BCUT2D eigenvalue weighted by Crippen LogP contribution is -2.54. The van der Waals surface area contributed by atoms with Crippen molar-refractivity contribution >= 4 is 23.7 Å². The minimum atomic E-state index is -0.301. The molecule has 2 aliphatic rings. The van der Waals surface area contributed by atoms with Gasteiger partial charge in [-0.05, 0) is 5.41 Å². The normalized spacial score (nSPS) is 28.2. The van der Waals surface area contributed by atoms with Crippen molar-refractivity contribution in [3.8, 4) is 0 Å². The molecule has 12 heavy (non-hydrogen) atoms. The molecule has 2 heterocycles. The molecule has 0 aromatic rings. The highest BCUT2D eigenvalue weighted by atomic mass is 32.2. The third-order valence-corrected chi connectivity index (χ3v) is 2.95. The van der Waals surface area contributed by atoms with Gasteiger partial charge in [-0.1, -0.05) is 0 Å². The van der Waals surface area contributed by atoms with Crippen molar-refractivity contribution in [3.63, 3.8) is 0 Å². The summed E-state index contributed by atoms with van der Waals surface area (Å²) in [6, 6.07) is -0.365. The van der Waals surface area contributed by atoms with E-state index in [1.54, 1.807) is 11.8 Å². The lowest BCUT2D eigenvalue weighted by atomic mass is 10.1. The van der Waals surface area contributed by atoms with Crippen molar-refractivity contribution in [2.24, 2.45) is 0 Å². The van der Waals surface area contributed by atoms with E-state index in [0.717, 1.165) is 10.7 Å². The molecule has 1 N–H and O–H groups in total. The van der Waals surface area contributed by atoms with Gasteiger partial charge in [0, 0.05) is 18.4 Å². The van der Waals surface area contributed by atoms with Gasteiger partial charge in [0.05, 0.1) is 6.04 Å². The van der Waals surface area contributed by atoms with E-state index in [0.29, 0.717) is 5.57 Å². The molecule has 4 nitrogen and oxygen atoms in total.